The zero-order chi connectivity index (χ0) is 19.7. The Morgan fingerprint density at radius 1 is 0.577 bits per heavy atom. The first-order chi connectivity index (χ1) is 11.7. The van der Waals surface area contributed by atoms with Gasteiger partial charge in [-0.2, -0.15) is 0 Å². The first-order valence-electron chi connectivity index (χ1n) is 9.07. The van der Waals surface area contributed by atoms with Gasteiger partial charge in [0.1, 0.15) is 0 Å². The van der Waals surface area contributed by atoms with Gasteiger partial charge in [0.2, 0.25) is 0 Å². The smallest absolute Gasteiger partial charge is 0.399 e. The molecule has 0 aromatic heterocycles. The van der Waals surface area contributed by atoms with Crippen LogP contribution < -0.4 is 22.4 Å². The van der Waals surface area contributed by atoms with Crippen LogP contribution in [0.15, 0.2) is 12.1 Å². The van der Waals surface area contributed by atoms with Crippen molar-refractivity contribution >= 4 is 36.5 Å². The van der Waals surface area contributed by atoms with Gasteiger partial charge in [-0.05, 0) is 67.5 Å². The van der Waals surface area contributed by atoms with Crippen LogP contribution in [-0.2, 0) is 18.6 Å². The summed E-state index contributed by atoms with van der Waals surface area (Å²) in [5, 5.41) is 0. The molecule has 142 valence electrons. The van der Waals surface area contributed by atoms with Crippen molar-refractivity contribution in [3.63, 3.8) is 0 Å². The van der Waals surface area contributed by atoms with E-state index in [1.807, 2.05) is 55.4 Å². The molecule has 3 rings (SSSR count). The minimum atomic E-state index is -0.561. The third-order valence-corrected chi connectivity index (χ3v) is 6.30. The Morgan fingerprint density at radius 3 is 1.04 bits per heavy atom. The van der Waals surface area contributed by atoms with Crippen LogP contribution in [-0.4, -0.2) is 36.6 Å². The van der Waals surface area contributed by atoms with Gasteiger partial charge in [0.05, 0.1) is 22.4 Å². The lowest BCUT2D eigenvalue weighted by Crippen LogP contribution is -2.41. The van der Waals surface area contributed by atoms with Crippen molar-refractivity contribution in [1.29, 1.82) is 0 Å². The summed E-state index contributed by atoms with van der Waals surface area (Å²) in [6.45, 7) is 16.0. The van der Waals surface area contributed by atoms with E-state index in [1.165, 1.54) is 0 Å². The van der Waals surface area contributed by atoms with Crippen molar-refractivity contribution in [2.24, 2.45) is 0 Å². The van der Waals surface area contributed by atoms with Gasteiger partial charge >= 0.3 is 14.2 Å². The lowest BCUT2D eigenvalue weighted by molar-refractivity contribution is 0.00578. The van der Waals surface area contributed by atoms with Crippen molar-refractivity contribution in [2.75, 3.05) is 11.5 Å². The number of hydrogen-bond donors (Lipinski definition) is 2. The highest BCUT2D eigenvalue weighted by Crippen LogP contribution is 2.38. The predicted molar refractivity (Wildman–Crippen MR) is 107 cm³/mol. The maximum absolute atomic E-state index is 6.32. The molecule has 0 saturated carbocycles. The first kappa shape index (κ1) is 19.5. The molecular formula is C18H30B2N2O4. The van der Waals surface area contributed by atoms with E-state index in [4.69, 9.17) is 30.1 Å². The summed E-state index contributed by atoms with van der Waals surface area (Å²) >= 11 is 0. The van der Waals surface area contributed by atoms with Gasteiger partial charge in [-0.25, -0.2) is 0 Å². The summed E-state index contributed by atoms with van der Waals surface area (Å²) in [6.07, 6.45) is 0. The highest BCUT2D eigenvalue weighted by atomic mass is 16.7. The Bertz CT molecular complexity index is 640. The van der Waals surface area contributed by atoms with E-state index in [-0.39, 0.29) is 0 Å². The van der Waals surface area contributed by atoms with E-state index in [1.54, 1.807) is 12.1 Å². The zero-order valence-electron chi connectivity index (χ0n) is 17.1. The Kier molecular flexibility index (Phi) is 4.24. The largest absolute Gasteiger partial charge is 0.497 e. The lowest BCUT2D eigenvalue weighted by atomic mass is 9.71. The number of benzene rings is 1. The van der Waals surface area contributed by atoms with Gasteiger partial charge in [0.25, 0.3) is 0 Å². The van der Waals surface area contributed by atoms with E-state index < -0.39 is 36.6 Å². The minimum Gasteiger partial charge on any atom is -0.399 e. The Hall–Kier alpha value is -1.21. The second-order valence-corrected chi connectivity index (χ2v) is 9.29. The fourth-order valence-electron chi connectivity index (χ4n) is 3.02. The summed E-state index contributed by atoms with van der Waals surface area (Å²) in [7, 11) is -1.12. The molecule has 0 atom stereocenters. The Morgan fingerprint density at radius 2 is 0.808 bits per heavy atom. The Labute approximate surface area is 157 Å². The molecule has 2 heterocycles. The van der Waals surface area contributed by atoms with Gasteiger partial charge in [0.15, 0.2) is 0 Å². The second kappa shape index (κ2) is 5.64. The summed E-state index contributed by atoms with van der Waals surface area (Å²) in [4.78, 5) is 0. The average molecular weight is 360 g/mol. The van der Waals surface area contributed by atoms with Gasteiger partial charge in [-0.1, -0.05) is 0 Å². The third kappa shape index (κ3) is 2.93. The summed E-state index contributed by atoms with van der Waals surface area (Å²) in [5.74, 6) is 0. The molecule has 0 spiro atoms. The molecule has 0 aliphatic carbocycles. The molecule has 2 aliphatic heterocycles. The Balaban J connectivity index is 1.92. The number of rotatable bonds is 2. The normalized spacial score (nSPS) is 25.7. The van der Waals surface area contributed by atoms with Crippen LogP contribution in [0.1, 0.15) is 55.4 Å². The first-order valence-corrected chi connectivity index (χ1v) is 9.07. The number of nitrogen functional groups attached to an aromatic ring is 2. The van der Waals surface area contributed by atoms with E-state index in [0.29, 0.717) is 11.4 Å². The molecule has 0 radical (unpaired) electrons. The van der Waals surface area contributed by atoms with Crippen LogP contribution in [0, 0.1) is 0 Å². The molecule has 26 heavy (non-hydrogen) atoms. The highest BCUT2D eigenvalue weighted by molar-refractivity contribution is 6.67. The molecule has 8 heteroatoms. The van der Waals surface area contributed by atoms with Crippen molar-refractivity contribution in [1.82, 2.24) is 0 Å². The van der Waals surface area contributed by atoms with Gasteiger partial charge in [0, 0.05) is 22.3 Å². The maximum Gasteiger partial charge on any atom is 0.497 e. The van der Waals surface area contributed by atoms with Crippen LogP contribution in [0.5, 0.6) is 0 Å². The molecule has 2 aliphatic rings. The summed E-state index contributed by atoms with van der Waals surface area (Å²) < 4.78 is 24.4. The number of nitrogens with two attached hydrogens (primary N) is 2. The second-order valence-electron chi connectivity index (χ2n) is 9.29. The van der Waals surface area contributed by atoms with Crippen molar-refractivity contribution in [2.45, 2.75) is 77.8 Å². The molecule has 0 unspecified atom stereocenters. The van der Waals surface area contributed by atoms with Crippen molar-refractivity contribution in [3.05, 3.63) is 12.1 Å². The number of hydrogen-bond acceptors (Lipinski definition) is 6. The highest BCUT2D eigenvalue weighted by Gasteiger charge is 2.54. The summed E-state index contributed by atoms with van der Waals surface area (Å²) in [6, 6.07) is 3.61. The molecular weight excluding hydrogens is 330 g/mol. The van der Waals surface area contributed by atoms with Gasteiger partial charge in [-0.15, -0.1) is 0 Å². The molecule has 6 nitrogen and oxygen atoms in total. The molecule has 1 aromatic rings. The van der Waals surface area contributed by atoms with Crippen LogP contribution in [0.2, 0.25) is 0 Å². The van der Waals surface area contributed by atoms with Gasteiger partial charge in [-0.3, -0.25) is 0 Å². The van der Waals surface area contributed by atoms with Crippen molar-refractivity contribution in [3.8, 4) is 0 Å². The lowest BCUT2D eigenvalue weighted by Gasteiger charge is -2.32. The average Bonchev–Trinajstić information content (AvgIpc) is 2.80. The quantitative estimate of drug-likeness (QED) is 0.613. The molecule has 1 aromatic carbocycles. The van der Waals surface area contributed by atoms with Crippen LogP contribution in [0.25, 0.3) is 0 Å². The zero-order valence-corrected chi connectivity index (χ0v) is 17.1. The van der Waals surface area contributed by atoms with Gasteiger partial charge < -0.3 is 30.1 Å². The van der Waals surface area contributed by atoms with Crippen molar-refractivity contribution < 1.29 is 18.6 Å². The molecule has 2 saturated heterocycles. The van der Waals surface area contributed by atoms with E-state index in [0.717, 1.165) is 10.9 Å². The third-order valence-electron chi connectivity index (χ3n) is 6.30. The fourth-order valence-corrected chi connectivity index (χ4v) is 3.02. The standard InChI is InChI=1S/C18H30B2N2O4/c1-15(2)16(3,4)24-19(23-15)11-9-14(22)12(10-13(11)21)20-25-17(5,6)18(7,8)26-20/h9-10H,21-22H2,1-8H3. The topological polar surface area (TPSA) is 89.0 Å². The maximum atomic E-state index is 6.32. The molecule has 4 N–H and O–H groups in total. The SMILES string of the molecule is CC1(C)OB(c2cc(N)c(B3OC(C)(C)C(C)(C)O3)cc2N)OC1(C)C. The van der Waals surface area contributed by atoms with Crippen LogP contribution in [0.4, 0.5) is 11.4 Å². The monoisotopic (exact) mass is 360 g/mol. The van der Waals surface area contributed by atoms with Crippen LogP contribution in [0.3, 0.4) is 0 Å². The van der Waals surface area contributed by atoms with Crippen LogP contribution >= 0.6 is 0 Å². The molecule has 0 bridgehead atoms. The van der Waals surface area contributed by atoms with E-state index >= 15 is 0 Å². The fraction of sp³-hybridized carbons (Fsp3) is 0.667. The number of anilines is 2. The molecule has 0 amide bonds. The predicted octanol–water partition coefficient (Wildman–Crippen LogP) is 1.45. The minimum absolute atomic E-state index is 0.441. The summed E-state index contributed by atoms with van der Waals surface area (Å²) in [5.41, 5.74) is 13.4. The van der Waals surface area contributed by atoms with E-state index in [9.17, 15) is 0 Å². The van der Waals surface area contributed by atoms with E-state index in [2.05, 4.69) is 0 Å². The molecule has 2 fully saturated rings.